The van der Waals surface area contributed by atoms with Crippen LogP contribution in [-0.4, -0.2) is 55.8 Å². The summed E-state index contributed by atoms with van der Waals surface area (Å²) in [6.07, 6.45) is 5.89. The molecular formula is C33H40IN7O3. The fourth-order valence-corrected chi connectivity index (χ4v) is 7.51. The molecule has 0 saturated heterocycles. The van der Waals surface area contributed by atoms with Gasteiger partial charge >= 0.3 is 0 Å². The number of hydrogen-bond donors (Lipinski definition) is 2. The molecule has 1 atom stereocenters. The maximum absolute atomic E-state index is 14.6. The van der Waals surface area contributed by atoms with Gasteiger partial charge in [-0.3, -0.25) is 14.6 Å². The Hall–Kier alpha value is -3.35. The predicted molar refractivity (Wildman–Crippen MR) is 175 cm³/mol. The third-order valence-corrected chi connectivity index (χ3v) is 10.4. The fraction of sp³-hybridized carbons (Fsp3) is 0.515. The Morgan fingerprint density at radius 1 is 1.14 bits per heavy atom. The van der Waals surface area contributed by atoms with Crippen molar-refractivity contribution < 1.29 is 14.3 Å². The molecule has 2 fully saturated rings. The number of nitrogens with one attached hydrogen (secondary N) is 2. The number of aromatic amines is 1. The third kappa shape index (κ3) is 5.99. The van der Waals surface area contributed by atoms with Crippen molar-refractivity contribution in [3.63, 3.8) is 0 Å². The van der Waals surface area contributed by atoms with Crippen molar-refractivity contribution >= 4 is 40.1 Å². The number of carbonyl (C=O) groups excluding carboxylic acids is 2. The number of H-pyrrole nitrogens is 1. The number of methoxy groups -OCH3 is 1. The van der Waals surface area contributed by atoms with Crippen molar-refractivity contribution in [3.05, 3.63) is 70.5 Å². The van der Waals surface area contributed by atoms with Crippen LogP contribution in [0.3, 0.4) is 0 Å². The number of alkyl halides is 1. The van der Waals surface area contributed by atoms with E-state index >= 15 is 0 Å². The summed E-state index contributed by atoms with van der Waals surface area (Å²) in [6.45, 7) is 7.14. The Bertz CT molecular complexity index is 1540. The highest BCUT2D eigenvalue weighted by Crippen LogP contribution is 2.54. The average Bonchev–Trinajstić information content (AvgIpc) is 3.65. The molecule has 2 aromatic carbocycles. The van der Waals surface area contributed by atoms with Crippen LogP contribution in [0.25, 0.3) is 0 Å². The minimum atomic E-state index is -0.577. The number of rotatable bonds is 9. The van der Waals surface area contributed by atoms with Crippen LogP contribution in [0.4, 0.5) is 0 Å². The van der Waals surface area contributed by atoms with Gasteiger partial charge in [0, 0.05) is 21.1 Å². The molecule has 1 aromatic heterocycles. The number of halogens is 1. The molecule has 2 amide bonds. The molecule has 3 aromatic rings. The van der Waals surface area contributed by atoms with E-state index < -0.39 is 5.66 Å². The molecule has 6 rings (SSSR count). The maximum atomic E-state index is 14.6. The van der Waals surface area contributed by atoms with E-state index in [1.807, 2.05) is 36.4 Å². The molecule has 2 aliphatic carbocycles. The van der Waals surface area contributed by atoms with Gasteiger partial charge in [0.2, 0.25) is 0 Å². The SMILES string of the molecule is COc1ccc(C2=NC3(CCC(C(C)(C)C)CC3)N([C@@H](c3ccc(C(=O)NCc4nn[nH]n4)cc3)C3CC3)C2=O)cc1CI. The Morgan fingerprint density at radius 3 is 2.45 bits per heavy atom. The average molecular weight is 710 g/mol. The monoisotopic (exact) mass is 709 g/mol. The number of aliphatic imine (C=N–C) groups is 1. The number of ether oxygens (including phenoxy) is 1. The maximum Gasteiger partial charge on any atom is 0.275 e. The molecule has 44 heavy (non-hydrogen) atoms. The van der Waals surface area contributed by atoms with E-state index in [2.05, 4.69) is 80.3 Å². The van der Waals surface area contributed by atoms with E-state index in [1.165, 1.54) is 0 Å². The summed E-state index contributed by atoms with van der Waals surface area (Å²) < 4.78 is 6.35. The van der Waals surface area contributed by atoms with Gasteiger partial charge in [-0.15, -0.1) is 10.2 Å². The molecule has 0 radical (unpaired) electrons. The summed E-state index contributed by atoms with van der Waals surface area (Å²) >= 11 is 2.33. The molecule has 3 aliphatic rings. The fourth-order valence-electron chi connectivity index (χ4n) is 6.91. The summed E-state index contributed by atoms with van der Waals surface area (Å²) in [5.74, 6) is 1.98. The number of nitrogens with zero attached hydrogens (tertiary/aromatic N) is 5. The summed E-state index contributed by atoms with van der Waals surface area (Å²) in [5.41, 5.74) is 3.68. The van der Waals surface area contributed by atoms with Gasteiger partial charge in [-0.2, -0.15) is 5.21 Å². The third-order valence-electron chi connectivity index (χ3n) is 9.56. The molecule has 10 nitrogen and oxygen atoms in total. The minimum absolute atomic E-state index is 0.00242. The van der Waals surface area contributed by atoms with Crippen molar-refractivity contribution in [2.24, 2.45) is 22.2 Å². The lowest BCUT2D eigenvalue weighted by atomic mass is 9.69. The first-order valence-corrected chi connectivity index (χ1v) is 16.9. The Labute approximate surface area is 272 Å². The summed E-state index contributed by atoms with van der Waals surface area (Å²) in [4.78, 5) is 35.0. The lowest BCUT2D eigenvalue weighted by Gasteiger charge is -2.47. The van der Waals surface area contributed by atoms with Crippen LogP contribution in [0.5, 0.6) is 5.75 Å². The minimum Gasteiger partial charge on any atom is -0.496 e. The van der Waals surface area contributed by atoms with Crippen molar-refractivity contribution in [1.82, 2.24) is 30.8 Å². The Kier molecular flexibility index (Phi) is 8.51. The smallest absolute Gasteiger partial charge is 0.275 e. The van der Waals surface area contributed by atoms with Crippen molar-refractivity contribution in [2.75, 3.05) is 7.11 Å². The van der Waals surface area contributed by atoms with Crippen LogP contribution in [0.15, 0.2) is 47.5 Å². The van der Waals surface area contributed by atoms with Gasteiger partial charge in [0.25, 0.3) is 11.8 Å². The van der Waals surface area contributed by atoms with E-state index in [1.54, 1.807) is 7.11 Å². The van der Waals surface area contributed by atoms with Crippen LogP contribution in [-0.2, 0) is 15.8 Å². The predicted octanol–water partition coefficient (Wildman–Crippen LogP) is 5.79. The number of amides is 2. The zero-order valence-electron chi connectivity index (χ0n) is 25.8. The van der Waals surface area contributed by atoms with Crippen LogP contribution >= 0.6 is 22.6 Å². The van der Waals surface area contributed by atoms with Crippen LogP contribution in [0.1, 0.15) is 98.2 Å². The zero-order chi connectivity index (χ0) is 31.1. The molecule has 11 heteroatoms. The molecule has 2 saturated carbocycles. The molecule has 2 heterocycles. The van der Waals surface area contributed by atoms with Crippen LogP contribution < -0.4 is 10.1 Å². The van der Waals surface area contributed by atoms with E-state index in [9.17, 15) is 9.59 Å². The van der Waals surface area contributed by atoms with E-state index in [4.69, 9.17) is 9.73 Å². The van der Waals surface area contributed by atoms with Crippen molar-refractivity contribution in [2.45, 2.75) is 82.0 Å². The number of benzene rings is 2. The van der Waals surface area contributed by atoms with Crippen LogP contribution in [0, 0.1) is 17.3 Å². The first kappa shape index (κ1) is 30.7. The molecule has 232 valence electrons. The highest BCUT2D eigenvalue weighted by molar-refractivity contribution is 14.1. The van der Waals surface area contributed by atoms with Gasteiger partial charge < -0.3 is 15.0 Å². The van der Waals surface area contributed by atoms with Gasteiger partial charge in [0.1, 0.15) is 17.1 Å². The lowest BCUT2D eigenvalue weighted by molar-refractivity contribution is -0.134. The number of hydrogen-bond acceptors (Lipinski definition) is 7. The van der Waals surface area contributed by atoms with Gasteiger partial charge in [-0.25, -0.2) is 0 Å². The molecule has 2 N–H and O–H groups in total. The van der Waals surface area contributed by atoms with Gasteiger partial charge in [-0.05, 0) is 91.7 Å². The number of carbonyl (C=O) groups is 2. The van der Waals surface area contributed by atoms with E-state index in [-0.39, 0.29) is 29.8 Å². The zero-order valence-corrected chi connectivity index (χ0v) is 27.9. The van der Waals surface area contributed by atoms with Gasteiger partial charge in [0.05, 0.1) is 19.7 Å². The summed E-state index contributed by atoms with van der Waals surface area (Å²) in [6, 6.07) is 13.6. The van der Waals surface area contributed by atoms with Crippen LogP contribution in [0.2, 0.25) is 0 Å². The molecule has 1 spiro atoms. The highest BCUT2D eigenvalue weighted by Gasteiger charge is 2.55. The summed E-state index contributed by atoms with van der Waals surface area (Å²) in [5, 5.41) is 16.5. The Balaban J connectivity index is 1.33. The quantitative estimate of drug-likeness (QED) is 0.214. The standard InChI is InChI=1S/C33H40IN7O3/c1-32(2,3)25-13-15-33(16-14-25)36-28(23-11-12-26(44-4)24(17-23)18-34)31(43)41(33)29(20-5-6-20)21-7-9-22(10-8-21)30(42)35-19-27-37-39-40-38-27/h7-12,17,20,25,29H,5-6,13-16,18-19H2,1-4H3,(H,35,42)(H,37,38,39,40)/t25?,29-,33?/m1/s1. The van der Waals surface area contributed by atoms with E-state index in [0.29, 0.717) is 28.9 Å². The lowest BCUT2D eigenvalue weighted by Crippen LogP contribution is -2.52. The largest absolute Gasteiger partial charge is 0.496 e. The first-order valence-electron chi connectivity index (χ1n) is 15.4. The first-order chi connectivity index (χ1) is 21.1. The molecule has 1 aliphatic heterocycles. The second-order valence-corrected chi connectivity index (χ2v) is 14.1. The van der Waals surface area contributed by atoms with Gasteiger partial charge in [0.15, 0.2) is 5.82 Å². The second kappa shape index (κ2) is 12.2. The second-order valence-electron chi connectivity index (χ2n) is 13.3. The Morgan fingerprint density at radius 2 is 1.86 bits per heavy atom. The summed E-state index contributed by atoms with van der Waals surface area (Å²) in [7, 11) is 1.68. The highest BCUT2D eigenvalue weighted by atomic mass is 127. The molecule has 0 unspecified atom stereocenters. The van der Waals surface area contributed by atoms with Gasteiger partial charge in [-0.1, -0.05) is 60.7 Å². The van der Waals surface area contributed by atoms with Crippen molar-refractivity contribution in [1.29, 1.82) is 0 Å². The van der Waals surface area contributed by atoms with E-state index in [0.717, 1.165) is 65.4 Å². The molecule has 0 bridgehead atoms. The number of tetrazole rings is 1. The van der Waals surface area contributed by atoms with Crippen molar-refractivity contribution in [3.8, 4) is 5.75 Å². The number of aromatic nitrogens is 4. The topological polar surface area (TPSA) is 125 Å². The normalized spacial score (nSPS) is 22.7. The molecular weight excluding hydrogens is 669 g/mol.